The van der Waals surface area contributed by atoms with Crippen LogP contribution in [0.1, 0.15) is 12.5 Å². The number of ether oxygens (including phenoxy) is 1. The Labute approximate surface area is 135 Å². The molecule has 0 aliphatic carbocycles. The zero-order valence-electron chi connectivity index (χ0n) is 13.3. The first-order valence-corrected chi connectivity index (χ1v) is 7.67. The molecule has 0 unspecified atom stereocenters. The lowest BCUT2D eigenvalue weighted by Gasteiger charge is -2.08. The van der Waals surface area contributed by atoms with Gasteiger partial charge in [0.05, 0.1) is 12.6 Å². The molecule has 0 fully saturated rings. The van der Waals surface area contributed by atoms with E-state index >= 15 is 0 Å². The maximum Gasteiger partial charge on any atom is 0.216 e. The Morgan fingerprint density at radius 3 is 2.70 bits per heavy atom. The molecule has 0 aliphatic heterocycles. The van der Waals surface area contributed by atoms with Gasteiger partial charge < -0.3 is 15.0 Å². The van der Waals surface area contributed by atoms with Gasteiger partial charge in [0.25, 0.3) is 0 Å². The van der Waals surface area contributed by atoms with E-state index in [1.165, 1.54) is 12.5 Å². The fraction of sp³-hybridized carbons (Fsp3) is 0.211. The van der Waals surface area contributed by atoms with Crippen LogP contribution in [0.15, 0.2) is 48.7 Å². The average molecular weight is 308 g/mol. The van der Waals surface area contributed by atoms with E-state index in [9.17, 15) is 4.79 Å². The van der Waals surface area contributed by atoms with E-state index in [1.54, 1.807) is 7.11 Å². The number of hydrogen-bond donors (Lipinski definition) is 2. The van der Waals surface area contributed by atoms with E-state index in [0.29, 0.717) is 6.54 Å². The SMILES string of the molecule is COc1cc(-c2ccccc2)c2[nH]cc(CCNC(C)=O)c2c1. The molecule has 0 spiro atoms. The predicted octanol–water partition coefficient (Wildman–Crippen LogP) is 3.52. The van der Waals surface area contributed by atoms with Crippen LogP contribution in [0.3, 0.4) is 0 Å². The molecule has 4 heteroatoms. The quantitative estimate of drug-likeness (QED) is 0.757. The molecular weight excluding hydrogens is 288 g/mol. The zero-order valence-corrected chi connectivity index (χ0v) is 13.3. The minimum absolute atomic E-state index is 0.00704. The van der Waals surface area contributed by atoms with Crippen molar-refractivity contribution in [1.29, 1.82) is 0 Å². The van der Waals surface area contributed by atoms with Gasteiger partial charge in [-0.25, -0.2) is 0 Å². The van der Waals surface area contributed by atoms with Crippen molar-refractivity contribution < 1.29 is 9.53 Å². The monoisotopic (exact) mass is 308 g/mol. The highest BCUT2D eigenvalue weighted by Gasteiger charge is 2.12. The van der Waals surface area contributed by atoms with E-state index < -0.39 is 0 Å². The lowest BCUT2D eigenvalue weighted by atomic mass is 10.0. The zero-order chi connectivity index (χ0) is 16.2. The van der Waals surface area contributed by atoms with Crippen LogP contribution in [0.5, 0.6) is 5.75 Å². The Morgan fingerprint density at radius 1 is 1.22 bits per heavy atom. The highest BCUT2D eigenvalue weighted by Crippen LogP contribution is 2.34. The minimum atomic E-state index is -0.00704. The summed E-state index contributed by atoms with van der Waals surface area (Å²) >= 11 is 0. The predicted molar refractivity (Wildman–Crippen MR) is 92.7 cm³/mol. The Balaban J connectivity index is 2.04. The second-order valence-electron chi connectivity index (χ2n) is 5.51. The van der Waals surface area contributed by atoms with Crippen molar-refractivity contribution in [2.75, 3.05) is 13.7 Å². The number of carbonyl (C=O) groups is 1. The molecule has 3 rings (SSSR count). The fourth-order valence-corrected chi connectivity index (χ4v) is 2.80. The molecule has 1 aromatic heterocycles. The first kappa shape index (κ1) is 15.2. The van der Waals surface area contributed by atoms with Gasteiger partial charge >= 0.3 is 0 Å². The van der Waals surface area contributed by atoms with Crippen LogP contribution in [0.25, 0.3) is 22.0 Å². The summed E-state index contributed by atoms with van der Waals surface area (Å²) in [6.07, 6.45) is 2.79. The molecule has 0 radical (unpaired) electrons. The largest absolute Gasteiger partial charge is 0.497 e. The van der Waals surface area contributed by atoms with Crippen molar-refractivity contribution in [2.24, 2.45) is 0 Å². The van der Waals surface area contributed by atoms with Gasteiger partial charge in [-0.3, -0.25) is 4.79 Å². The van der Waals surface area contributed by atoms with Gasteiger partial charge in [0.1, 0.15) is 5.75 Å². The van der Waals surface area contributed by atoms with Crippen LogP contribution in [0.2, 0.25) is 0 Å². The number of carbonyl (C=O) groups excluding carboxylic acids is 1. The van der Waals surface area contributed by atoms with Crippen LogP contribution in [0, 0.1) is 0 Å². The van der Waals surface area contributed by atoms with Gasteiger partial charge in [-0.05, 0) is 29.7 Å². The third-order valence-electron chi connectivity index (χ3n) is 3.94. The van der Waals surface area contributed by atoms with E-state index in [1.807, 2.05) is 36.5 Å². The van der Waals surface area contributed by atoms with E-state index in [2.05, 4.69) is 22.4 Å². The molecule has 2 N–H and O–H groups in total. The Bertz CT molecular complexity index is 822. The van der Waals surface area contributed by atoms with E-state index in [4.69, 9.17) is 4.74 Å². The molecule has 2 aromatic carbocycles. The third-order valence-corrected chi connectivity index (χ3v) is 3.94. The summed E-state index contributed by atoms with van der Waals surface area (Å²) in [5.74, 6) is 0.823. The van der Waals surface area contributed by atoms with Gasteiger partial charge in [0.2, 0.25) is 5.91 Å². The summed E-state index contributed by atoms with van der Waals surface area (Å²) in [5, 5.41) is 3.97. The summed E-state index contributed by atoms with van der Waals surface area (Å²) in [5.41, 5.74) is 4.53. The number of nitrogens with one attached hydrogen (secondary N) is 2. The van der Waals surface area contributed by atoms with Crippen molar-refractivity contribution in [1.82, 2.24) is 10.3 Å². The number of aromatic nitrogens is 1. The number of H-pyrrole nitrogens is 1. The molecule has 23 heavy (non-hydrogen) atoms. The third kappa shape index (κ3) is 3.21. The normalized spacial score (nSPS) is 10.7. The first-order valence-electron chi connectivity index (χ1n) is 7.67. The maximum atomic E-state index is 11.0. The average Bonchev–Trinajstić information content (AvgIpc) is 2.97. The number of hydrogen-bond acceptors (Lipinski definition) is 2. The van der Waals surface area contributed by atoms with Gasteiger partial charge in [-0.15, -0.1) is 0 Å². The number of methoxy groups -OCH3 is 1. The lowest BCUT2D eigenvalue weighted by molar-refractivity contribution is -0.118. The fourth-order valence-electron chi connectivity index (χ4n) is 2.80. The molecule has 1 heterocycles. The second kappa shape index (κ2) is 6.57. The molecule has 118 valence electrons. The lowest BCUT2D eigenvalue weighted by Crippen LogP contribution is -2.22. The second-order valence-corrected chi connectivity index (χ2v) is 5.51. The highest BCUT2D eigenvalue weighted by atomic mass is 16.5. The Morgan fingerprint density at radius 2 is 2.00 bits per heavy atom. The smallest absolute Gasteiger partial charge is 0.216 e. The molecule has 4 nitrogen and oxygen atoms in total. The van der Waals surface area contributed by atoms with Gasteiger partial charge in [0, 0.05) is 30.6 Å². The van der Waals surface area contributed by atoms with Crippen LogP contribution in [-0.2, 0) is 11.2 Å². The first-order chi connectivity index (χ1) is 11.2. The molecule has 3 aromatic rings. The van der Waals surface area contributed by atoms with Crippen LogP contribution < -0.4 is 10.1 Å². The summed E-state index contributed by atoms with van der Waals surface area (Å²) in [6, 6.07) is 14.3. The maximum absolute atomic E-state index is 11.0. The molecule has 0 saturated heterocycles. The van der Waals surface area contributed by atoms with Crippen molar-refractivity contribution in [3.63, 3.8) is 0 Å². The number of amides is 1. The van der Waals surface area contributed by atoms with Crippen molar-refractivity contribution in [2.45, 2.75) is 13.3 Å². The molecule has 0 aliphatic rings. The van der Waals surface area contributed by atoms with Gasteiger partial charge in [-0.2, -0.15) is 0 Å². The van der Waals surface area contributed by atoms with E-state index in [0.717, 1.165) is 34.2 Å². The Hall–Kier alpha value is -2.75. The summed E-state index contributed by atoms with van der Waals surface area (Å²) < 4.78 is 5.47. The Kier molecular flexibility index (Phi) is 4.33. The molecule has 0 saturated carbocycles. The molecule has 1 amide bonds. The molecule has 0 bridgehead atoms. The summed E-state index contributed by atoms with van der Waals surface area (Å²) in [7, 11) is 1.68. The molecular formula is C19H20N2O2. The minimum Gasteiger partial charge on any atom is -0.497 e. The van der Waals surface area contributed by atoms with Crippen LogP contribution >= 0.6 is 0 Å². The van der Waals surface area contributed by atoms with E-state index in [-0.39, 0.29) is 5.91 Å². The van der Waals surface area contributed by atoms with Gasteiger partial charge in [0.15, 0.2) is 0 Å². The topological polar surface area (TPSA) is 54.1 Å². The number of fused-ring (bicyclic) bond motifs is 1. The van der Waals surface area contributed by atoms with Crippen molar-refractivity contribution in [3.05, 3.63) is 54.2 Å². The van der Waals surface area contributed by atoms with Gasteiger partial charge in [-0.1, -0.05) is 30.3 Å². The van der Waals surface area contributed by atoms with Crippen molar-refractivity contribution >= 4 is 16.8 Å². The number of aromatic amines is 1. The van der Waals surface area contributed by atoms with Crippen LogP contribution in [0.4, 0.5) is 0 Å². The number of rotatable bonds is 5. The summed E-state index contributed by atoms with van der Waals surface area (Å²) in [4.78, 5) is 14.4. The summed E-state index contributed by atoms with van der Waals surface area (Å²) in [6.45, 7) is 2.16. The molecule has 0 atom stereocenters. The number of benzene rings is 2. The van der Waals surface area contributed by atoms with Crippen LogP contribution in [-0.4, -0.2) is 24.5 Å². The highest BCUT2D eigenvalue weighted by molar-refractivity contribution is 5.97. The standard InChI is InChI=1S/C19H20N2O2/c1-13(22)20-9-8-15-12-21-19-17(14-6-4-3-5-7-14)10-16(23-2)11-18(15)19/h3-7,10-12,21H,8-9H2,1-2H3,(H,20,22). The van der Waals surface area contributed by atoms with Crippen molar-refractivity contribution in [3.8, 4) is 16.9 Å².